The Balaban J connectivity index is 2.19. The molecule has 0 unspecified atom stereocenters. The summed E-state index contributed by atoms with van der Waals surface area (Å²) in [6.07, 6.45) is 0. The predicted molar refractivity (Wildman–Crippen MR) is 85.7 cm³/mol. The van der Waals surface area contributed by atoms with E-state index >= 15 is 0 Å². The number of ether oxygens (including phenoxy) is 1. The lowest BCUT2D eigenvalue weighted by molar-refractivity contribution is 0.415. The standard InChI is InChI=1S/C18H12O4/c1-21-12-6-5-10-9-16-13(8-11(10)7-12)18(20)17-14(19)3-2-4-15(17)22-16/h2-9,19H,1H3. The third-order valence-electron chi connectivity index (χ3n) is 3.84. The second-order valence-electron chi connectivity index (χ2n) is 5.14. The highest BCUT2D eigenvalue weighted by Crippen LogP contribution is 2.29. The van der Waals surface area contributed by atoms with Crippen molar-refractivity contribution in [2.75, 3.05) is 7.11 Å². The Morgan fingerprint density at radius 2 is 1.86 bits per heavy atom. The van der Waals surface area contributed by atoms with Crippen LogP contribution in [0.15, 0.2) is 57.7 Å². The Kier molecular flexibility index (Phi) is 2.60. The molecular formula is C18H12O4. The summed E-state index contributed by atoms with van der Waals surface area (Å²) in [5.74, 6) is 0.652. The summed E-state index contributed by atoms with van der Waals surface area (Å²) in [4.78, 5) is 12.7. The first kappa shape index (κ1) is 12.7. The molecular weight excluding hydrogens is 280 g/mol. The first-order valence-corrected chi connectivity index (χ1v) is 6.84. The molecule has 4 aromatic rings. The van der Waals surface area contributed by atoms with Crippen LogP contribution in [0.3, 0.4) is 0 Å². The Morgan fingerprint density at radius 1 is 1.00 bits per heavy atom. The minimum atomic E-state index is -0.237. The van der Waals surface area contributed by atoms with Gasteiger partial charge in [0.2, 0.25) is 5.43 Å². The van der Waals surface area contributed by atoms with Crippen molar-refractivity contribution < 1.29 is 14.3 Å². The van der Waals surface area contributed by atoms with Crippen LogP contribution in [0, 0.1) is 0 Å². The summed E-state index contributed by atoms with van der Waals surface area (Å²) in [5.41, 5.74) is 0.644. The van der Waals surface area contributed by atoms with Crippen LogP contribution in [0.2, 0.25) is 0 Å². The molecule has 0 aliphatic rings. The van der Waals surface area contributed by atoms with E-state index in [1.54, 1.807) is 25.3 Å². The molecule has 4 heteroatoms. The monoisotopic (exact) mass is 292 g/mol. The van der Waals surface area contributed by atoms with E-state index in [0.29, 0.717) is 16.6 Å². The fourth-order valence-electron chi connectivity index (χ4n) is 2.73. The van der Waals surface area contributed by atoms with Crippen LogP contribution in [-0.4, -0.2) is 12.2 Å². The number of fused-ring (bicyclic) bond motifs is 3. The van der Waals surface area contributed by atoms with E-state index in [9.17, 15) is 9.90 Å². The first-order valence-electron chi connectivity index (χ1n) is 6.84. The van der Waals surface area contributed by atoms with E-state index in [0.717, 1.165) is 16.5 Å². The van der Waals surface area contributed by atoms with Gasteiger partial charge in [-0.2, -0.15) is 0 Å². The number of phenols is 1. The number of phenolic OH excluding ortho intramolecular Hbond substituents is 1. The largest absolute Gasteiger partial charge is 0.507 e. The van der Waals surface area contributed by atoms with Crippen LogP contribution in [0.4, 0.5) is 0 Å². The van der Waals surface area contributed by atoms with Gasteiger partial charge >= 0.3 is 0 Å². The molecule has 1 N–H and O–H groups in total. The molecule has 0 amide bonds. The molecule has 0 radical (unpaired) electrons. The van der Waals surface area contributed by atoms with Gasteiger partial charge in [0.25, 0.3) is 0 Å². The molecule has 1 heterocycles. The molecule has 1 aromatic heterocycles. The molecule has 0 aliphatic carbocycles. The summed E-state index contributed by atoms with van der Waals surface area (Å²) in [6, 6.07) is 14.0. The molecule has 108 valence electrons. The Bertz CT molecular complexity index is 1090. The Morgan fingerprint density at radius 3 is 2.68 bits per heavy atom. The van der Waals surface area contributed by atoms with Gasteiger partial charge in [0.1, 0.15) is 28.1 Å². The van der Waals surface area contributed by atoms with E-state index in [2.05, 4.69) is 0 Å². The van der Waals surface area contributed by atoms with Crippen LogP contribution in [0.25, 0.3) is 32.7 Å². The average Bonchev–Trinajstić information content (AvgIpc) is 2.53. The van der Waals surface area contributed by atoms with Crippen LogP contribution in [-0.2, 0) is 0 Å². The van der Waals surface area contributed by atoms with Crippen molar-refractivity contribution in [2.45, 2.75) is 0 Å². The maximum atomic E-state index is 12.7. The molecule has 0 aliphatic heterocycles. The first-order chi connectivity index (χ1) is 10.7. The van der Waals surface area contributed by atoms with Crippen molar-refractivity contribution in [2.24, 2.45) is 0 Å². The van der Waals surface area contributed by atoms with Crippen LogP contribution < -0.4 is 10.2 Å². The van der Waals surface area contributed by atoms with Gasteiger partial charge < -0.3 is 14.3 Å². The van der Waals surface area contributed by atoms with E-state index in [-0.39, 0.29) is 16.6 Å². The van der Waals surface area contributed by atoms with Gasteiger partial charge in [0, 0.05) is 0 Å². The molecule has 4 nitrogen and oxygen atoms in total. The highest BCUT2D eigenvalue weighted by molar-refractivity contribution is 6.00. The van der Waals surface area contributed by atoms with Gasteiger partial charge in [-0.1, -0.05) is 12.1 Å². The van der Waals surface area contributed by atoms with Gasteiger partial charge in [0.15, 0.2) is 0 Å². The second-order valence-corrected chi connectivity index (χ2v) is 5.14. The molecule has 0 saturated heterocycles. The minimum Gasteiger partial charge on any atom is -0.507 e. The van der Waals surface area contributed by atoms with Crippen molar-refractivity contribution in [3.63, 3.8) is 0 Å². The zero-order valence-electron chi connectivity index (χ0n) is 11.8. The number of hydrogen-bond acceptors (Lipinski definition) is 4. The maximum absolute atomic E-state index is 12.7. The van der Waals surface area contributed by atoms with E-state index < -0.39 is 0 Å². The molecule has 3 aromatic carbocycles. The van der Waals surface area contributed by atoms with Gasteiger partial charge in [0.05, 0.1) is 12.5 Å². The van der Waals surface area contributed by atoms with Crippen molar-refractivity contribution in [3.05, 3.63) is 58.8 Å². The molecule has 0 fully saturated rings. The summed E-state index contributed by atoms with van der Waals surface area (Å²) in [7, 11) is 1.60. The number of aromatic hydroxyl groups is 1. The van der Waals surface area contributed by atoms with Gasteiger partial charge in [-0.3, -0.25) is 4.79 Å². The smallest absolute Gasteiger partial charge is 0.204 e. The van der Waals surface area contributed by atoms with E-state index in [4.69, 9.17) is 9.15 Å². The quantitative estimate of drug-likeness (QED) is 0.542. The number of hydrogen-bond donors (Lipinski definition) is 1. The van der Waals surface area contributed by atoms with Crippen LogP contribution in [0.5, 0.6) is 11.5 Å². The normalized spacial score (nSPS) is 11.3. The summed E-state index contributed by atoms with van der Waals surface area (Å²) >= 11 is 0. The fourth-order valence-corrected chi connectivity index (χ4v) is 2.73. The number of rotatable bonds is 1. The molecule has 0 bridgehead atoms. The minimum absolute atomic E-state index is 0.0705. The Hall–Kier alpha value is -3.01. The zero-order chi connectivity index (χ0) is 15.3. The fraction of sp³-hybridized carbons (Fsp3) is 0.0556. The average molecular weight is 292 g/mol. The highest BCUT2D eigenvalue weighted by Gasteiger charge is 2.12. The molecule has 0 saturated carbocycles. The Labute approximate surface area is 125 Å². The molecule has 4 rings (SSSR count). The highest BCUT2D eigenvalue weighted by atomic mass is 16.5. The van der Waals surface area contributed by atoms with Crippen molar-refractivity contribution in [1.82, 2.24) is 0 Å². The number of benzene rings is 3. The van der Waals surface area contributed by atoms with Crippen molar-refractivity contribution in [3.8, 4) is 11.5 Å². The lowest BCUT2D eigenvalue weighted by Gasteiger charge is -2.06. The third-order valence-corrected chi connectivity index (χ3v) is 3.84. The molecule has 22 heavy (non-hydrogen) atoms. The SMILES string of the molecule is COc1ccc2cc3oc4cccc(O)c4c(=O)c3cc2c1. The van der Waals surface area contributed by atoms with Gasteiger partial charge in [-0.05, 0) is 47.2 Å². The van der Waals surface area contributed by atoms with E-state index in [1.165, 1.54) is 6.07 Å². The second kappa shape index (κ2) is 4.49. The summed E-state index contributed by atoms with van der Waals surface area (Å²) in [5, 5.41) is 12.4. The lowest BCUT2D eigenvalue weighted by atomic mass is 10.1. The van der Waals surface area contributed by atoms with Crippen molar-refractivity contribution >= 4 is 32.7 Å². The predicted octanol–water partition coefficient (Wildman–Crippen LogP) is 3.81. The summed E-state index contributed by atoms with van der Waals surface area (Å²) < 4.78 is 11.0. The van der Waals surface area contributed by atoms with Gasteiger partial charge in [-0.25, -0.2) is 0 Å². The van der Waals surface area contributed by atoms with Gasteiger partial charge in [-0.15, -0.1) is 0 Å². The molecule has 0 spiro atoms. The zero-order valence-corrected chi connectivity index (χ0v) is 11.8. The molecule has 0 atom stereocenters. The maximum Gasteiger partial charge on any atom is 0.204 e. The third kappa shape index (κ3) is 1.74. The van der Waals surface area contributed by atoms with E-state index in [1.807, 2.05) is 24.3 Å². The topological polar surface area (TPSA) is 59.7 Å². The summed E-state index contributed by atoms with van der Waals surface area (Å²) in [6.45, 7) is 0. The van der Waals surface area contributed by atoms with Crippen LogP contribution >= 0.6 is 0 Å². The lowest BCUT2D eigenvalue weighted by Crippen LogP contribution is -2.02. The van der Waals surface area contributed by atoms with Crippen LogP contribution in [0.1, 0.15) is 0 Å². The van der Waals surface area contributed by atoms with Crippen molar-refractivity contribution in [1.29, 1.82) is 0 Å². The number of methoxy groups -OCH3 is 1.